The normalized spacial score (nSPS) is 18.4. The van der Waals surface area contributed by atoms with Crippen molar-refractivity contribution in [3.8, 4) is 0 Å². The summed E-state index contributed by atoms with van der Waals surface area (Å²) in [7, 11) is 0. The van der Waals surface area contributed by atoms with Crippen LogP contribution in [0.1, 0.15) is 35.9 Å². The van der Waals surface area contributed by atoms with Crippen LogP contribution in [0.2, 0.25) is 0 Å². The van der Waals surface area contributed by atoms with Crippen molar-refractivity contribution in [3.05, 3.63) is 33.8 Å². The predicted octanol–water partition coefficient (Wildman–Crippen LogP) is 0.593. The van der Waals surface area contributed by atoms with E-state index in [0.717, 1.165) is 30.0 Å². The number of fused-ring (bicyclic) bond motifs is 1. The molecule has 2 aromatic rings. The highest BCUT2D eigenvalue weighted by Crippen LogP contribution is 2.40. The molecule has 1 N–H and O–H groups in total. The molecule has 0 aromatic carbocycles. The Labute approximate surface area is 108 Å². The third-order valence-corrected chi connectivity index (χ3v) is 3.64. The number of aromatic nitrogens is 4. The van der Waals surface area contributed by atoms with E-state index in [1.807, 2.05) is 4.90 Å². The van der Waals surface area contributed by atoms with Crippen molar-refractivity contribution in [1.29, 1.82) is 0 Å². The standard InChI is InChI=1S/C12H13N5O2/c18-10-8-3-4-17(5-9(8)13-6-14-10)12-16-15-11(19-12)7-1-2-7/h6-7H,1-5H2,(H,13,14,18). The maximum absolute atomic E-state index is 11.6. The molecule has 1 saturated carbocycles. The van der Waals surface area contributed by atoms with E-state index in [1.165, 1.54) is 6.33 Å². The first-order chi connectivity index (χ1) is 9.31. The minimum Gasteiger partial charge on any atom is -0.408 e. The van der Waals surface area contributed by atoms with E-state index in [2.05, 4.69) is 20.2 Å². The number of anilines is 1. The third-order valence-electron chi connectivity index (χ3n) is 3.64. The van der Waals surface area contributed by atoms with E-state index in [-0.39, 0.29) is 5.56 Å². The van der Waals surface area contributed by atoms with Gasteiger partial charge >= 0.3 is 6.01 Å². The van der Waals surface area contributed by atoms with Gasteiger partial charge in [-0.15, -0.1) is 5.10 Å². The molecule has 0 radical (unpaired) electrons. The molecule has 98 valence electrons. The fraction of sp³-hybridized carbons (Fsp3) is 0.500. The van der Waals surface area contributed by atoms with Gasteiger partial charge in [-0.25, -0.2) is 4.98 Å². The van der Waals surface area contributed by atoms with E-state index in [0.29, 0.717) is 31.4 Å². The zero-order valence-electron chi connectivity index (χ0n) is 10.3. The Morgan fingerprint density at radius 2 is 2.26 bits per heavy atom. The lowest BCUT2D eigenvalue weighted by Gasteiger charge is -2.25. The van der Waals surface area contributed by atoms with Crippen LogP contribution >= 0.6 is 0 Å². The number of nitrogens with zero attached hydrogens (tertiary/aromatic N) is 4. The van der Waals surface area contributed by atoms with Gasteiger partial charge < -0.3 is 14.3 Å². The fourth-order valence-corrected chi connectivity index (χ4v) is 2.38. The lowest BCUT2D eigenvalue weighted by atomic mass is 10.1. The molecule has 19 heavy (non-hydrogen) atoms. The molecule has 7 heteroatoms. The molecule has 1 fully saturated rings. The van der Waals surface area contributed by atoms with Crippen LogP contribution < -0.4 is 10.5 Å². The van der Waals surface area contributed by atoms with Crippen molar-refractivity contribution < 1.29 is 4.42 Å². The minimum absolute atomic E-state index is 0.0474. The summed E-state index contributed by atoms with van der Waals surface area (Å²) in [5, 5.41) is 8.17. The van der Waals surface area contributed by atoms with E-state index in [9.17, 15) is 4.79 Å². The van der Waals surface area contributed by atoms with Gasteiger partial charge in [0.15, 0.2) is 0 Å². The maximum atomic E-state index is 11.6. The lowest BCUT2D eigenvalue weighted by molar-refractivity contribution is 0.477. The molecular formula is C12H13N5O2. The van der Waals surface area contributed by atoms with E-state index >= 15 is 0 Å². The van der Waals surface area contributed by atoms with Crippen LogP contribution in [0.4, 0.5) is 6.01 Å². The summed E-state index contributed by atoms with van der Waals surface area (Å²) in [4.78, 5) is 20.5. The Balaban J connectivity index is 1.62. The quantitative estimate of drug-likeness (QED) is 0.849. The Bertz CT molecular complexity index is 673. The number of rotatable bonds is 2. The molecule has 0 unspecified atom stereocenters. The van der Waals surface area contributed by atoms with Gasteiger partial charge in [0.1, 0.15) is 0 Å². The van der Waals surface area contributed by atoms with Crippen LogP contribution in [-0.2, 0) is 13.0 Å². The summed E-state index contributed by atoms with van der Waals surface area (Å²) in [5.41, 5.74) is 1.51. The number of aromatic amines is 1. The average molecular weight is 259 g/mol. The first-order valence-electron chi connectivity index (χ1n) is 6.45. The van der Waals surface area contributed by atoms with E-state index in [1.54, 1.807) is 0 Å². The molecule has 0 saturated heterocycles. The Morgan fingerprint density at radius 1 is 1.37 bits per heavy atom. The van der Waals surface area contributed by atoms with Crippen molar-refractivity contribution >= 4 is 6.01 Å². The topological polar surface area (TPSA) is 87.9 Å². The van der Waals surface area contributed by atoms with Gasteiger partial charge in [0.05, 0.1) is 18.6 Å². The first kappa shape index (κ1) is 10.7. The Hall–Kier alpha value is -2.18. The molecule has 1 aliphatic carbocycles. The number of hydrogen-bond donors (Lipinski definition) is 1. The van der Waals surface area contributed by atoms with Crippen LogP contribution in [-0.4, -0.2) is 26.7 Å². The van der Waals surface area contributed by atoms with E-state index < -0.39 is 0 Å². The zero-order chi connectivity index (χ0) is 12.8. The second-order valence-corrected chi connectivity index (χ2v) is 5.03. The first-order valence-corrected chi connectivity index (χ1v) is 6.45. The monoisotopic (exact) mass is 259 g/mol. The average Bonchev–Trinajstić information content (AvgIpc) is 3.16. The maximum Gasteiger partial charge on any atom is 0.318 e. The molecule has 7 nitrogen and oxygen atoms in total. The van der Waals surface area contributed by atoms with Gasteiger partial charge in [0.2, 0.25) is 5.89 Å². The third kappa shape index (κ3) is 1.81. The van der Waals surface area contributed by atoms with Crippen molar-refractivity contribution in [2.45, 2.75) is 31.7 Å². The summed E-state index contributed by atoms with van der Waals surface area (Å²) in [6, 6.07) is 0.537. The molecular weight excluding hydrogens is 246 g/mol. The largest absolute Gasteiger partial charge is 0.408 e. The lowest BCUT2D eigenvalue weighted by Crippen LogP contribution is -2.35. The fourth-order valence-electron chi connectivity index (χ4n) is 2.38. The van der Waals surface area contributed by atoms with Crippen molar-refractivity contribution in [3.63, 3.8) is 0 Å². The van der Waals surface area contributed by atoms with Crippen LogP contribution in [0.25, 0.3) is 0 Å². The van der Waals surface area contributed by atoms with Crippen LogP contribution in [0.5, 0.6) is 0 Å². The second-order valence-electron chi connectivity index (χ2n) is 5.03. The number of nitrogens with one attached hydrogen (secondary N) is 1. The highest BCUT2D eigenvalue weighted by molar-refractivity contribution is 5.33. The summed E-state index contributed by atoms with van der Waals surface area (Å²) in [6.45, 7) is 1.25. The summed E-state index contributed by atoms with van der Waals surface area (Å²) < 4.78 is 5.68. The molecule has 0 bridgehead atoms. The molecule has 0 atom stereocenters. The van der Waals surface area contributed by atoms with Crippen LogP contribution in [0, 0.1) is 0 Å². The van der Waals surface area contributed by atoms with Crippen molar-refractivity contribution in [1.82, 2.24) is 20.2 Å². The summed E-state index contributed by atoms with van der Waals surface area (Å²) in [6.07, 6.45) is 4.37. The van der Waals surface area contributed by atoms with Gasteiger partial charge in [-0.1, -0.05) is 5.10 Å². The number of H-pyrrole nitrogens is 1. The minimum atomic E-state index is -0.0474. The smallest absolute Gasteiger partial charge is 0.318 e. The van der Waals surface area contributed by atoms with Gasteiger partial charge in [-0.05, 0) is 19.3 Å². The Morgan fingerprint density at radius 3 is 3.11 bits per heavy atom. The van der Waals surface area contributed by atoms with Crippen LogP contribution in [0.3, 0.4) is 0 Å². The molecule has 1 aliphatic heterocycles. The molecule has 2 aromatic heterocycles. The highest BCUT2D eigenvalue weighted by atomic mass is 16.4. The molecule has 2 aliphatic rings. The van der Waals surface area contributed by atoms with Crippen molar-refractivity contribution in [2.75, 3.05) is 11.4 Å². The second kappa shape index (κ2) is 3.91. The highest BCUT2D eigenvalue weighted by Gasteiger charge is 2.31. The summed E-state index contributed by atoms with van der Waals surface area (Å²) in [5.74, 6) is 1.19. The zero-order valence-corrected chi connectivity index (χ0v) is 10.3. The van der Waals surface area contributed by atoms with E-state index in [4.69, 9.17) is 4.42 Å². The number of hydrogen-bond acceptors (Lipinski definition) is 6. The Kier molecular flexibility index (Phi) is 2.20. The van der Waals surface area contributed by atoms with Crippen LogP contribution in [0.15, 0.2) is 15.5 Å². The molecule has 3 heterocycles. The van der Waals surface area contributed by atoms with Gasteiger partial charge in [0.25, 0.3) is 5.56 Å². The SMILES string of the molecule is O=c1[nH]cnc2c1CCN(c1nnc(C3CC3)o1)C2. The predicted molar refractivity (Wildman–Crippen MR) is 65.9 cm³/mol. The van der Waals surface area contributed by atoms with Crippen molar-refractivity contribution in [2.24, 2.45) is 0 Å². The molecule has 4 rings (SSSR count). The van der Waals surface area contributed by atoms with Gasteiger partial charge in [-0.2, -0.15) is 0 Å². The van der Waals surface area contributed by atoms with Gasteiger partial charge in [0, 0.05) is 18.0 Å². The molecule has 0 amide bonds. The molecule has 0 spiro atoms. The van der Waals surface area contributed by atoms with Gasteiger partial charge in [-0.3, -0.25) is 4.79 Å². The summed E-state index contributed by atoms with van der Waals surface area (Å²) >= 11 is 0.